The van der Waals surface area contributed by atoms with Crippen molar-refractivity contribution in [3.63, 3.8) is 0 Å². The van der Waals surface area contributed by atoms with Gasteiger partial charge >= 0.3 is 0 Å². The molecule has 4 heteroatoms. The number of anilines is 1. The summed E-state index contributed by atoms with van der Waals surface area (Å²) in [6.45, 7) is 7.87. The van der Waals surface area contributed by atoms with Crippen molar-refractivity contribution in [2.75, 3.05) is 31.6 Å². The van der Waals surface area contributed by atoms with E-state index in [1.807, 2.05) is 12.3 Å². The predicted molar refractivity (Wildman–Crippen MR) is 78.9 cm³/mol. The molecule has 0 bridgehead atoms. The van der Waals surface area contributed by atoms with Gasteiger partial charge in [-0.15, -0.1) is 0 Å². The van der Waals surface area contributed by atoms with Gasteiger partial charge in [-0.1, -0.05) is 0 Å². The van der Waals surface area contributed by atoms with E-state index in [0.29, 0.717) is 11.9 Å². The molecule has 1 atom stereocenters. The highest BCUT2D eigenvalue weighted by molar-refractivity contribution is 5.48. The van der Waals surface area contributed by atoms with Crippen LogP contribution in [0, 0.1) is 5.92 Å². The minimum absolute atomic E-state index is 0.481. The largest absolute Gasteiger partial charge is 0.481 e. The highest BCUT2D eigenvalue weighted by Gasteiger charge is 2.19. The highest BCUT2D eigenvalue weighted by atomic mass is 16.5. The first-order chi connectivity index (χ1) is 9.20. The Bertz CT molecular complexity index is 389. The summed E-state index contributed by atoms with van der Waals surface area (Å²) >= 11 is 0. The van der Waals surface area contributed by atoms with Crippen LogP contribution < -0.4 is 15.0 Å². The number of hydrogen-bond acceptors (Lipinski definition) is 4. The molecule has 4 nitrogen and oxygen atoms in total. The quantitative estimate of drug-likeness (QED) is 0.884. The van der Waals surface area contributed by atoms with Gasteiger partial charge in [0.2, 0.25) is 5.88 Å². The van der Waals surface area contributed by atoms with E-state index in [1.165, 1.54) is 25.1 Å². The normalized spacial score (nSPS) is 19.5. The third-order valence-corrected chi connectivity index (χ3v) is 3.74. The molecule has 1 aromatic rings. The second-order valence-corrected chi connectivity index (χ2v) is 5.51. The zero-order chi connectivity index (χ0) is 13.7. The second-order valence-electron chi connectivity index (χ2n) is 5.51. The fraction of sp³-hybridized carbons (Fsp3) is 0.667. The van der Waals surface area contributed by atoms with E-state index < -0.39 is 0 Å². The van der Waals surface area contributed by atoms with Gasteiger partial charge in [0.25, 0.3) is 0 Å². The SMILES string of the molecule is COc1cc(N(CC2CCCNC2)C(C)C)ccn1. The van der Waals surface area contributed by atoms with Crippen molar-refractivity contribution in [2.45, 2.75) is 32.7 Å². The van der Waals surface area contributed by atoms with Gasteiger partial charge in [-0.3, -0.25) is 0 Å². The van der Waals surface area contributed by atoms with Crippen LogP contribution in [-0.4, -0.2) is 37.8 Å². The third kappa shape index (κ3) is 3.83. The standard InChI is InChI=1S/C15H25N3O/c1-12(2)18(11-13-5-4-7-16-10-13)14-6-8-17-15(9-14)19-3/h6,8-9,12-13,16H,4-5,7,10-11H2,1-3H3. The fourth-order valence-electron chi connectivity index (χ4n) is 2.66. The lowest BCUT2D eigenvalue weighted by atomic mass is 9.98. The summed E-state index contributed by atoms with van der Waals surface area (Å²) in [5.74, 6) is 1.42. The molecule has 106 valence electrons. The van der Waals surface area contributed by atoms with Crippen molar-refractivity contribution >= 4 is 5.69 Å². The van der Waals surface area contributed by atoms with E-state index in [4.69, 9.17) is 4.74 Å². The number of ether oxygens (including phenoxy) is 1. The molecule has 1 unspecified atom stereocenters. The predicted octanol–water partition coefficient (Wildman–Crippen LogP) is 2.30. The summed E-state index contributed by atoms with van der Waals surface area (Å²) < 4.78 is 5.22. The Morgan fingerprint density at radius 3 is 3.00 bits per heavy atom. The van der Waals surface area contributed by atoms with Gasteiger partial charge in [0.15, 0.2) is 0 Å². The monoisotopic (exact) mass is 263 g/mol. The van der Waals surface area contributed by atoms with E-state index in [-0.39, 0.29) is 0 Å². The van der Waals surface area contributed by atoms with Crippen LogP contribution in [-0.2, 0) is 0 Å². The molecule has 0 aromatic carbocycles. The Balaban J connectivity index is 2.09. The third-order valence-electron chi connectivity index (χ3n) is 3.74. The maximum Gasteiger partial charge on any atom is 0.214 e. The molecule has 1 saturated heterocycles. The molecule has 0 radical (unpaired) electrons. The van der Waals surface area contributed by atoms with Crippen molar-refractivity contribution < 1.29 is 4.74 Å². The van der Waals surface area contributed by atoms with Crippen LogP contribution in [0.4, 0.5) is 5.69 Å². The second kappa shape index (κ2) is 6.75. The Labute approximate surface area is 116 Å². The molecule has 0 amide bonds. The molecule has 1 aliphatic heterocycles. The molecule has 1 N–H and O–H groups in total. The van der Waals surface area contributed by atoms with Gasteiger partial charge in [0, 0.05) is 30.5 Å². The number of methoxy groups -OCH3 is 1. The van der Waals surface area contributed by atoms with Crippen LogP contribution in [0.1, 0.15) is 26.7 Å². The van der Waals surface area contributed by atoms with Crippen LogP contribution in [0.2, 0.25) is 0 Å². The summed E-state index contributed by atoms with van der Waals surface area (Å²) in [4.78, 5) is 6.63. The summed E-state index contributed by atoms with van der Waals surface area (Å²) in [7, 11) is 1.66. The number of nitrogens with one attached hydrogen (secondary N) is 1. The molecular weight excluding hydrogens is 238 g/mol. The Kier molecular flexibility index (Phi) is 5.02. The first kappa shape index (κ1) is 14.1. The van der Waals surface area contributed by atoms with Crippen LogP contribution in [0.25, 0.3) is 0 Å². The Morgan fingerprint density at radius 1 is 1.53 bits per heavy atom. The zero-order valence-corrected chi connectivity index (χ0v) is 12.2. The van der Waals surface area contributed by atoms with Crippen molar-refractivity contribution in [3.8, 4) is 5.88 Å². The number of rotatable bonds is 5. The van der Waals surface area contributed by atoms with E-state index >= 15 is 0 Å². The van der Waals surface area contributed by atoms with Gasteiger partial charge in [0.05, 0.1) is 7.11 Å². The molecule has 1 aromatic heterocycles. The maximum absolute atomic E-state index is 5.22. The van der Waals surface area contributed by atoms with Crippen molar-refractivity contribution in [3.05, 3.63) is 18.3 Å². The minimum atomic E-state index is 0.481. The minimum Gasteiger partial charge on any atom is -0.481 e. The maximum atomic E-state index is 5.22. The summed E-state index contributed by atoms with van der Waals surface area (Å²) in [5, 5.41) is 3.49. The van der Waals surface area contributed by atoms with E-state index in [0.717, 1.165) is 19.0 Å². The van der Waals surface area contributed by atoms with Gasteiger partial charge in [-0.05, 0) is 51.8 Å². The number of hydrogen-bond donors (Lipinski definition) is 1. The Hall–Kier alpha value is -1.29. The zero-order valence-electron chi connectivity index (χ0n) is 12.2. The fourth-order valence-corrected chi connectivity index (χ4v) is 2.66. The number of piperidine rings is 1. The molecule has 19 heavy (non-hydrogen) atoms. The molecule has 0 spiro atoms. The average molecular weight is 263 g/mol. The lowest BCUT2D eigenvalue weighted by molar-refractivity contribution is 0.370. The molecule has 1 aliphatic rings. The number of pyridine rings is 1. The molecule has 1 fully saturated rings. The summed E-state index contributed by atoms with van der Waals surface area (Å²) in [6.07, 6.45) is 4.43. The lowest BCUT2D eigenvalue weighted by Gasteiger charge is -2.34. The van der Waals surface area contributed by atoms with Crippen LogP contribution in [0.5, 0.6) is 5.88 Å². The molecule has 0 saturated carbocycles. The van der Waals surface area contributed by atoms with Crippen LogP contribution in [0.3, 0.4) is 0 Å². The topological polar surface area (TPSA) is 37.4 Å². The van der Waals surface area contributed by atoms with Crippen LogP contribution >= 0.6 is 0 Å². The first-order valence-corrected chi connectivity index (χ1v) is 7.18. The molecular formula is C15H25N3O. The number of nitrogens with zero attached hydrogens (tertiary/aromatic N) is 2. The average Bonchev–Trinajstić information content (AvgIpc) is 2.45. The lowest BCUT2D eigenvalue weighted by Crippen LogP contribution is -2.41. The van der Waals surface area contributed by atoms with Gasteiger partial charge in [0.1, 0.15) is 0 Å². The highest BCUT2D eigenvalue weighted by Crippen LogP contribution is 2.23. The van der Waals surface area contributed by atoms with Crippen molar-refractivity contribution in [1.82, 2.24) is 10.3 Å². The first-order valence-electron chi connectivity index (χ1n) is 7.18. The van der Waals surface area contributed by atoms with E-state index in [9.17, 15) is 0 Å². The van der Waals surface area contributed by atoms with Gasteiger partial charge < -0.3 is 15.0 Å². The van der Waals surface area contributed by atoms with Crippen molar-refractivity contribution in [2.24, 2.45) is 5.92 Å². The van der Waals surface area contributed by atoms with Gasteiger partial charge in [-0.2, -0.15) is 0 Å². The van der Waals surface area contributed by atoms with E-state index in [2.05, 4.69) is 35.1 Å². The van der Waals surface area contributed by atoms with Crippen LogP contribution in [0.15, 0.2) is 18.3 Å². The summed E-state index contributed by atoms with van der Waals surface area (Å²) in [5.41, 5.74) is 1.20. The summed E-state index contributed by atoms with van der Waals surface area (Å²) in [6, 6.07) is 4.57. The van der Waals surface area contributed by atoms with E-state index in [1.54, 1.807) is 7.11 Å². The smallest absolute Gasteiger partial charge is 0.214 e. The molecule has 2 heterocycles. The molecule has 0 aliphatic carbocycles. The van der Waals surface area contributed by atoms with Crippen molar-refractivity contribution in [1.29, 1.82) is 0 Å². The molecule has 2 rings (SSSR count). The Morgan fingerprint density at radius 2 is 2.37 bits per heavy atom. The van der Waals surface area contributed by atoms with Gasteiger partial charge in [-0.25, -0.2) is 4.98 Å². The number of aromatic nitrogens is 1.